The van der Waals surface area contributed by atoms with Crippen LogP contribution < -0.4 is 0 Å². The molecule has 0 nitrogen and oxygen atoms in total. The molecule has 0 atom stereocenters. The van der Waals surface area contributed by atoms with E-state index in [1.807, 2.05) is 0 Å². The lowest BCUT2D eigenvalue weighted by Crippen LogP contribution is -2.18. The quantitative estimate of drug-likeness (QED) is 0.309. The Hall–Kier alpha value is -1.18. The molecule has 2 heteroatoms. The Bertz CT molecular complexity index is 605. The van der Waals surface area contributed by atoms with Crippen LogP contribution in [0.4, 0.5) is 8.78 Å². The van der Waals surface area contributed by atoms with Gasteiger partial charge in [-0.3, -0.25) is 0 Å². The Balaban J connectivity index is 1.31. The first kappa shape index (κ1) is 21.5. The summed E-state index contributed by atoms with van der Waals surface area (Å²) >= 11 is 0. The fourth-order valence-corrected chi connectivity index (χ4v) is 5.52. The normalized spacial score (nSPS) is 28.7. The third-order valence-electron chi connectivity index (χ3n) is 7.43. The summed E-state index contributed by atoms with van der Waals surface area (Å²) < 4.78 is 26.6. The van der Waals surface area contributed by atoms with Gasteiger partial charge in [0.25, 0.3) is 0 Å². The molecule has 0 amide bonds. The van der Waals surface area contributed by atoms with Gasteiger partial charge in [0.05, 0.1) is 0 Å². The van der Waals surface area contributed by atoms with Crippen molar-refractivity contribution in [2.45, 2.75) is 96.3 Å². The fraction of sp³-hybridized carbons (Fsp3) is 0.692. The molecule has 0 N–H and O–H groups in total. The zero-order chi connectivity index (χ0) is 19.8. The molecule has 0 unspecified atom stereocenters. The van der Waals surface area contributed by atoms with Crippen LogP contribution in [0, 0.1) is 29.4 Å². The lowest BCUT2D eigenvalue weighted by Gasteiger charge is -2.32. The largest absolute Gasteiger partial charge is 0.204 e. The highest BCUT2D eigenvalue weighted by Gasteiger charge is 2.25. The summed E-state index contributed by atoms with van der Waals surface area (Å²) in [6.07, 6.45) is 21.8. The van der Waals surface area contributed by atoms with Crippen molar-refractivity contribution < 1.29 is 8.78 Å². The van der Waals surface area contributed by atoms with E-state index in [0.717, 1.165) is 36.2 Å². The molecule has 2 aliphatic rings. The number of hydrogen-bond acceptors (Lipinski definition) is 0. The Morgan fingerprint density at radius 2 is 1.36 bits per heavy atom. The Morgan fingerprint density at radius 1 is 0.786 bits per heavy atom. The molecule has 0 spiro atoms. The van der Waals surface area contributed by atoms with Crippen LogP contribution in [-0.4, -0.2) is 0 Å². The van der Waals surface area contributed by atoms with E-state index in [0.29, 0.717) is 5.92 Å². The maximum absolute atomic E-state index is 13.5. The number of benzene rings is 1. The average molecular weight is 389 g/mol. The summed E-state index contributed by atoms with van der Waals surface area (Å²) in [6.45, 7) is 2.11. The van der Waals surface area contributed by atoms with Crippen LogP contribution >= 0.6 is 0 Å². The Morgan fingerprint density at radius 3 is 1.93 bits per heavy atom. The van der Waals surface area contributed by atoms with Gasteiger partial charge in [-0.05, 0) is 86.8 Å². The smallest absolute Gasteiger partial charge is 0.159 e. The van der Waals surface area contributed by atoms with Crippen LogP contribution in [0.25, 0.3) is 0 Å². The zero-order valence-corrected chi connectivity index (χ0v) is 17.6. The minimum Gasteiger partial charge on any atom is -0.204 e. The number of rotatable bonds is 8. The lowest BCUT2D eigenvalue weighted by atomic mass is 9.74. The maximum atomic E-state index is 13.5. The highest BCUT2D eigenvalue weighted by molar-refractivity contribution is 5.22. The summed E-state index contributed by atoms with van der Waals surface area (Å²) in [7, 11) is 0. The first-order valence-electron chi connectivity index (χ1n) is 11.7. The molecule has 1 aromatic rings. The molecule has 2 saturated carbocycles. The van der Waals surface area contributed by atoms with Crippen molar-refractivity contribution in [1.29, 1.82) is 0 Å². The molecule has 0 radical (unpaired) electrons. The monoisotopic (exact) mass is 388 g/mol. The topological polar surface area (TPSA) is 0 Å². The first-order chi connectivity index (χ1) is 13.7. The summed E-state index contributed by atoms with van der Waals surface area (Å²) in [5, 5.41) is 0. The van der Waals surface area contributed by atoms with Crippen molar-refractivity contribution in [3.05, 3.63) is 47.5 Å². The van der Waals surface area contributed by atoms with Gasteiger partial charge in [0, 0.05) is 0 Å². The average Bonchev–Trinajstić information content (AvgIpc) is 2.73. The molecule has 0 aliphatic heterocycles. The van der Waals surface area contributed by atoms with E-state index < -0.39 is 11.6 Å². The van der Waals surface area contributed by atoms with Crippen molar-refractivity contribution in [3.8, 4) is 0 Å². The van der Waals surface area contributed by atoms with Gasteiger partial charge in [0.1, 0.15) is 0 Å². The van der Waals surface area contributed by atoms with E-state index in [-0.39, 0.29) is 0 Å². The van der Waals surface area contributed by atoms with Gasteiger partial charge in [0.15, 0.2) is 11.6 Å². The van der Waals surface area contributed by atoms with E-state index in [4.69, 9.17) is 0 Å². The van der Waals surface area contributed by atoms with Crippen LogP contribution in [0.15, 0.2) is 30.4 Å². The van der Waals surface area contributed by atoms with E-state index in [2.05, 4.69) is 19.1 Å². The molecule has 2 fully saturated rings. The lowest BCUT2D eigenvalue weighted by molar-refractivity contribution is 0.223. The SMILES string of the molecule is C/C=C\CCC[C@H]1CC[C@H](CCC2CCC(c3ccc(F)c(F)c3)CC2)CC1. The minimum absolute atomic E-state index is 0.421. The van der Waals surface area contributed by atoms with Gasteiger partial charge >= 0.3 is 0 Å². The van der Waals surface area contributed by atoms with Gasteiger partial charge in [-0.15, -0.1) is 0 Å². The van der Waals surface area contributed by atoms with E-state index in [9.17, 15) is 8.78 Å². The molecule has 0 aromatic heterocycles. The van der Waals surface area contributed by atoms with Crippen molar-refractivity contribution in [3.63, 3.8) is 0 Å². The summed E-state index contributed by atoms with van der Waals surface area (Å²) in [4.78, 5) is 0. The van der Waals surface area contributed by atoms with Crippen molar-refractivity contribution in [2.75, 3.05) is 0 Å². The van der Waals surface area contributed by atoms with Crippen LogP contribution in [0.5, 0.6) is 0 Å². The van der Waals surface area contributed by atoms with Crippen LogP contribution in [-0.2, 0) is 0 Å². The third kappa shape index (κ3) is 6.42. The van der Waals surface area contributed by atoms with E-state index in [1.54, 1.807) is 6.07 Å². The molecule has 0 heterocycles. The second kappa shape index (κ2) is 11.1. The Labute approximate surface area is 170 Å². The predicted octanol–water partition coefficient (Wildman–Crippen LogP) is 8.57. The van der Waals surface area contributed by atoms with Crippen LogP contribution in [0.2, 0.25) is 0 Å². The second-order valence-corrected chi connectivity index (χ2v) is 9.36. The number of unbranched alkanes of at least 4 members (excludes halogenated alkanes) is 1. The van der Waals surface area contributed by atoms with Crippen molar-refractivity contribution >= 4 is 0 Å². The third-order valence-corrected chi connectivity index (χ3v) is 7.43. The van der Waals surface area contributed by atoms with Gasteiger partial charge in [-0.25, -0.2) is 8.78 Å². The number of allylic oxidation sites excluding steroid dienone is 2. The molecule has 3 rings (SSSR count). The fourth-order valence-electron chi connectivity index (χ4n) is 5.52. The predicted molar refractivity (Wildman–Crippen MR) is 114 cm³/mol. The van der Waals surface area contributed by atoms with E-state index >= 15 is 0 Å². The molecular formula is C26H38F2. The highest BCUT2D eigenvalue weighted by Crippen LogP contribution is 2.40. The van der Waals surface area contributed by atoms with Crippen molar-refractivity contribution in [1.82, 2.24) is 0 Å². The van der Waals surface area contributed by atoms with Gasteiger partial charge in [-0.2, -0.15) is 0 Å². The standard InChI is InChI=1S/C26H38F2/c1-2-3-4-5-6-20-7-9-21(10-8-20)11-12-22-13-15-23(16-14-22)24-17-18-25(27)26(28)19-24/h2-3,17-23H,4-16H2,1H3/b3-2-/t20-,21-,22?,23?. The minimum atomic E-state index is -0.732. The number of halogens is 2. The first-order valence-corrected chi connectivity index (χ1v) is 11.7. The molecule has 0 bridgehead atoms. The van der Waals surface area contributed by atoms with Gasteiger partial charge in [0.2, 0.25) is 0 Å². The summed E-state index contributed by atoms with van der Waals surface area (Å²) in [5.41, 5.74) is 0.991. The molecule has 28 heavy (non-hydrogen) atoms. The number of hydrogen-bond donors (Lipinski definition) is 0. The second-order valence-electron chi connectivity index (χ2n) is 9.36. The molecule has 1 aromatic carbocycles. The maximum Gasteiger partial charge on any atom is 0.159 e. The Kier molecular flexibility index (Phi) is 8.55. The summed E-state index contributed by atoms with van der Waals surface area (Å²) in [6, 6.07) is 4.48. The van der Waals surface area contributed by atoms with Crippen molar-refractivity contribution in [2.24, 2.45) is 17.8 Å². The highest BCUT2D eigenvalue weighted by atomic mass is 19.2. The molecule has 0 saturated heterocycles. The van der Waals surface area contributed by atoms with E-state index in [1.165, 1.54) is 82.8 Å². The van der Waals surface area contributed by atoms with Gasteiger partial charge < -0.3 is 0 Å². The van der Waals surface area contributed by atoms with Crippen LogP contribution in [0.3, 0.4) is 0 Å². The summed E-state index contributed by atoms with van der Waals surface area (Å²) in [5.74, 6) is 1.77. The van der Waals surface area contributed by atoms with Gasteiger partial charge in [-0.1, -0.05) is 63.2 Å². The molecule has 156 valence electrons. The molecule has 2 aliphatic carbocycles. The van der Waals surface area contributed by atoms with Crippen LogP contribution in [0.1, 0.15) is 102 Å². The zero-order valence-electron chi connectivity index (χ0n) is 17.6. The molecular weight excluding hydrogens is 350 g/mol.